The molecule has 0 unspecified atom stereocenters. The van der Waals surface area contributed by atoms with E-state index in [1.807, 2.05) is 24.3 Å². The minimum atomic E-state index is -0.731. The molecule has 1 amide bonds. The molecule has 0 saturated carbocycles. The summed E-state index contributed by atoms with van der Waals surface area (Å²) < 4.78 is 0. The number of piperidine rings is 1. The Labute approximate surface area is 165 Å². The number of β-amino-alcohol motifs (C(OH)–C–C–N with tert-alkyl or cyclic N) is 1. The van der Waals surface area contributed by atoms with Crippen molar-refractivity contribution in [3.63, 3.8) is 0 Å². The summed E-state index contributed by atoms with van der Waals surface area (Å²) >= 11 is 6.36. The second-order valence-electron chi connectivity index (χ2n) is 7.95. The molecule has 27 heavy (non-hydrogen) atoms. The number of aromatic nitrogens is 1. The molecule has 6 heteroatoms. The minimum absolute atomic E-state index is 0.0151. The molecule has 5 nitrogen and oxygen atoms in total. The lowest BCUT2D eigenvalue weighted by Crippen LogP contribution is -2.48. The number of carbonyl (C=O) groups excluding carboxylic acids is 1. The topological polar surface area (TPSA) is 65.5 Å². The molecule has 0 spiro atoms. The van der Waals surface area contributed by atoms with Gasteiger partial charge in [-0.3, -0.25) is 9.69 Å². The van der Waals surface area contributed by atoms with Gasteiger partial charge in [0, 0.05) is 12.7 Å². The first-order valence-electron chi connectivity index (χ1n) is 9.23. The Bertz CT molecular complexity index is 802. The van der Waals surface area contributed by atoms with Crippen molar-refractivity contribution in [2.24, 2.45) is 5.92 Å². The highest BCUT2D eigenvalue weighted by atomic mass is 35.5. The summed E-state index contributed by atoms with van der Waals surface area (Å²) in [6, 6.07) is 11.3. The number of rotatable bonds is 3. The van der Waals surface area contributed by atoms with E-state index in [9.17, 15) is 9.90 Å². The molecular weight excluding hydrogens is 362 g/mol. The van der Waals surface area contributed by atoms with Crippen molar-refractivity contribution < 1.29 is 9.90 Å². The molecule has 2 heterocycles. The first kappa shape index (κ1) is 19.8. The van der Waals surface area contributed by atoms with Crippen LogP contribution >= 0.6 is 11.6 Å². The number of hydrogen-bond acceptors (Lipinski definition) is 4. The first-order chi connectivity index (χ1) is 12.8. The second kappa shape index (κ2) is 7.97. The smallest absolute Gasteiger partial charge is 0.238 e. The fourth-order valence-electron chi connectivity index (χ4n) is 3.30. The van der Waals surface area contributed by atoms with Gasteiger partial charge in [-0.15, -0.1) is 0 Å². The van der Waals surface area contributed by atoms with Crippen molar-refractivity contribution in [3.05, 3.63) is 53.2 Å². The quantitative estimate of drug-likeness (QED) is 0.843. The summed E-state index contributed by atoms with van der Waals surface area (Å²) in [5, 5.41) is 13.8. The van der Waals surface area contributed by atoms with Crippen molar-refractivity contribution in [1.82, 2.24) is 10.3 Å². The lowest BCUT2D eigenvalue weighted by Gasteiger charge is -2.32. The normalized spacial score (nSPS) is 20.3. The van der Waals surface area contributed by atoms with Gasteiger partial charge in [0.15, 0.2) is 5.82 Å². The number of nitrogens with one attached hydrogen (secondary N) is 1. The molecule has 1 aliphatic rings. The summed E-state index contributed by atoms with van der Waals surface area (Å²) in [6.07, 6.45) is 1.45. The van der Waals surface area contributed by atoms with Crippen molar-refractivity contribution in [2.75, 3.05) is 18.0 Å². The van der Waals surface area contributed by atoms with Crippen LogP contribution in [0.1, 0.15) is 32.8 Å². The molecule has 1 saturated heterocycles. The van der Waals surface area contributed by atoms with E-state index in [4.69, 9.17) is 11.6 Å². The molecular formula is C21H26ClN3O2. The lowest BCUT2D eigenvalue weighted by atomic mass is 9.87. The Balaban J connectivity index is 2.03. The monoisotopic (exact) mass is 387 g/mol. The summed E-state index contributed by atoms with van der Waals surface area (Å²) in [4.78, 5) is 19.3. The zero-order valence-electron chi connectivity index (χ0n) is 15.9. The zero-order valence-corrected chi connectivity index (χ0v) is 16.7. The summed E-state index contributed by atoms with van der Waals surface area (Å²) in [5.41, 5.74) is 1.88. The number of pyridine rings is 1. The van der Waals surface area contributed by atoms with Gasteiger partial charge in [0.1, 0.15) is 0 Å². The molecule has 2 atom stereocenters. The molecule has 144 valence electrons. The average Bonchev–Trinajstić information content (AvgIpc) is 2.63. The van der Waals surface area contributed by atoms with E-state index in [0.717, 1.165) is 0 Å². The van der Waals surface area contributed by atoms with Gasteiger partial charge >= 0.3 is 0 Å². The van der Waals surface area contributed by atoms with Crippen LogP contribution in [0.25, 0.3) is 0 Å². The Morgan fingerprint density at radius 2 is 1.96 bits per heavy atom. The Hall–Kier alpha value is -1.95. The highest BCUT2D eigenvalue weighted by Gasteiger charge is 2.35. The van der Waals surface area contributed by atoms with E-state index >= 15 is 0 Å². The van der Waals surface area contributed by atoms with Crippen LogP contribution in [-0.4, -0.2) is 35.2 Å². The van der Waals surface area contributed by atoms with Crippen molar-refractivity contribution in [1.29, 1.82) is 0 Å². The first-order valence-corrected chi connectivity index (χ1v) is 9.60. The number of amides is 1. The van der Waals surface area contributed by atoms with Crippen molar-refractivity contribution >= 4 is 29.0 Å². The molecule has 1 aliphatic heterocycles. The van der Waals surface area contributed by atoms with Gasteiger partial charge in [0.05, 0.1) is 22.7 Å². The van der Waals surface area contributed by atoms with E-state index in [1.54, 1.807) is 18.3 Å². The van der Waals surface area contributed by atoms with Crippen LogP contribution in [0.5, 0.6) is 0 Å². The number of aliphatic hydroxyl groups is 1. The SMILES string of the molecule is CC(C)(C)c1ccc(N(C(=O)[C@H]2CCNC[C@@H]2O)c2ncccc2Cl)cc1. The van der Waals surface area contributed by atoms with Gasteiger partial charge in [-0.25, -0.2) is 4.98 Å². The molecule has 0 bridgehead atoms. The Morgan fingerprint density at radius 1 is 1.26 bits per heavy atom. The third kappa shape index (κ3) is 4.32. The van der Waals surface area contributed by atoms with Crippen LogP contribution in [0.3, 0.4) is 0 Å². The van der Waals surface area contributed by atoms with Gasteiger partial charge < -0.3 is 10.4 Å². The third-order valence-corrected chi connectivity index (χ3v) is 5.23. The zero-order chi connectivity index (χ0) is 19.6. The fourth-order valence-corrected chi connectivity index (χ4v) is 3.51. The number of halogens is 1. The van der Waals surface area contributed by atoms with Crippen LogP contribution in [0.15, 0.2) is 42.6 Å². The van der Waals surface area contributed by atoms with Gasteiger partial charge in [-0.1, -0.05) is 44.5 Å². The molecule has 3 rings (SSSR count). The van der Waals surface area contributed by atoms with E-state index < -0.39 is 12.0 Å². The van der Waals surface area contributed by atoms with Crippen LogP contribution in [0.2, 0.25) is 5.02 Å². The summed E-state index contributed by atoms with van der Waals surface area (Å²) in [5.74, 6) is -0.293. The summed E-state index contributed by atoms with van der Waals surface area (Å²) in [6.45, 7) is 7.53. The number of nitrogens with zero attached hydrogens (tertiary/aromatic N) is 2. The minimum Gasteiger partial charge on any atom is -0.391 e. The number of benzene rings is 1. The van der Waals surface area contributed by atoms with E-state index in [2.05, 4.69) is 31.1 Å². The molecule has 2 N–H and O–H groups in total. The number of anilines is 2. The molecule has 0 aliphatic carbocycles. The van der Waals surface area contributed by atoms with Gasteiger partial charge in [0.25, 0.3) is 0 Å². The van der Waals surface area contributed by atoms with Crippen LogP contribution in [-0.2, 0) is 10.2 Å². The maximum atomic E-state index is 13.4. The highest BCUT2D eigenvalue weighted by Crippen LogP contribution is 2.34. The largest absolute Gasteiger partial charge is 0.391 e. The van der Waals surface area contributed by atoms with Crippen molar-refractivity contribution in [3.8, 4) is 0 Å². The van der Waals surface area contributed by atoms with E-state index in [0.29, 0.717) is 36.0 Å². The Morgan fingerprint density at radius 3 is 2.56 bits per heavy atom. The molecule has 1 fully saturated rings. The molecule has 1 aromatic carbocycles. The highest BCUT2D eigenvalue weighted by molar-refractivity contribution is 6.33. The van der Waals surface area contributed by atoms with Crippen LogP contribution in [0.4, 0.5) is 11.5 Å². The van der Waals surface area contributed by atoms with E-state index in [1.165, 1.54) is 10.5 Å². The third-order valence-electron chi connectivity index (χ3n) is 4.93. The lowest BCUT2D eigenvalue weighted by molar-refractivity contribution is -0.126. The van der Waals surface area contributed by atoms with Crippen LogP contribution in [0, 0.1) is 5.92 Å². The second-order valence-corrected chi connectivity index (χ2v) is 8.35. The van der Waals surface area contributed by atoms with Gasteiger partial charge in [-0.05, 0) is 48.2 Å². The van der Waals surface area contributed by atoms with Gasteiger partial charge in [0.2, 0.25) is 5.91 Å². The maximum Gasteiger partial charge on any atom is 0.238 e. The summed E-state index contributed by atoms with van der Waals surface area (Å²) in [7, 11) is 0. The number of hydrogen-bond donors (Lipinski definition) is 2. The maximum absolute atomic E-state index is 13.4. The van der Waals surface area contributed by atoms with Gasteiger partial charge in [-0.2, -0.15) is 0 Å². The predicted molar refractivity (Wildman–Crippen MR) is 109 cm³/mol. The predicted octanol–water partition coefficient (Wildman–Crippen LogP) is 3.67. The van der Waals surface area contributed by atoms with Crippen LogP contribution < -0.4 is 10.2 Å². The molecule has 1 aromatic heterocycles. The van der Waals surface area contributed by atoms with Crippen molar-refractivity contribution in [2.45, 2.75) is 38.7 Å². The molecule has 2 aromatic rings. The fraction of sp³-hybridized carbons (Fsp3) is 0.429. The number of aliphatic hydroxyl groups excluding tert-OH is 1. The Kier molecular flexibility index (Phi) is 5.84. The van der Waals surface area contributed by atoms with E-state index in [-0.39, 0.29) is 11.3 Å². The average molecular weight is 388 g/mol. The number of carbonyl (C=O) groups is 1. The molecule has 0 radical (unpaired) electrons. The standard InChI is InChI=1S/C21H26ClN3O2/c1-21(2,3)14-6-8-15(9-7-14)25(19-17(22)5-4-11-24-19)20(27)16-10-12-23-13-18(16)26/h4-9,11,16,18,23,26H,10,12-13H2,1-3H3/t16-,18-/m0/s1.